The van der Waals surface area contributed by atoms with Crippen LogP contribution >= 0.6 is 11.8 Å². The Balaban J connectivity index is 1.65. The molecule has 1 unspecified atom stereocenters. The predicted octanol–water partition coefficient (Wildman–Crippen LogP) is 2.50. The van der Waals surface area contributed by atoms with E-state index in [1.807, 2.05) is 25.1 Å². The fourth-order valence-electron chi connectivity index (χ4n) is 1.80. The van der Waals surface area contributed by atoms with Gasteiger partial charge in [-0.2, -0.15) is 0 Å². The van der Waals surface area contributed by atoms with Crippen LogP contribution in [0.2, 0.25) is 0 Å². The largest absolute Gasteiger partial charge is 0.454 e. The van der Waals surface area contributed by atoms with Gasteiger partial charge in [0.25, 0.3) is 5.22 Å². The summed E-state index contributed by atoms with van der Waals surface area (Å²) in [6.07, 6.45) is 1.63. The van der Waals surface area contributed by atoms with Gasteiger partial charge in [0.2, 0.25) is 6.79 Å². The van der Waals surface area contributed by atoms with E-state index >= 15 is 0 Å². The molecule has 0 saturated heterocycles. The van der Waals surface area contributed by atoms with Gasteiger partial charge in [0.15, 0.2) is 11.5 Å². The van der Waals surface area contributed by atoms with Crippen molar-refractivity contribution in [1.29, 1.82) is 0 Å². The van der Waals surface area contributed by atoms with Gasteiger partial charge >= 0.3 is 0 Å². The minimum atomic E-state index is -0.105. The first-order valence-electron chi connectivity index (χ1n) is 5.92. The molecule has 3 rings (SSSR count). The lowest BCUT2D eigenvalue weighted by Crippen LogP contribution is -2.12. The van der Waals surface area contributed by atoms with Crippen molar-refractivity contribution in [2.45, 2.75) is 18.2 Å². The fraction of sp³-hybridized carbons (Fsp3) is 0.308. The van der Waals surface area contributed by atoms with Crippen LogP contribution in [0.1, 0.15) is 17.3 Å². The quantitative estimate of drug-likeness (QED) is 0.866. The third kappa shape index (κ3) is 2.69. The van der Waals surface area contributed by atoms with Gasteiger partial charge in [0.1, 0.15) is 6.26 Å². The summed E-state index contributed by atoms with van der Waals surface area (Å²) in [6, 6.07) is 5.66. The van der Waals surface area contributed by atoms with E-state index in [1.54, 1.807) is 6.26 Å². The van der Waals surface area contributed by atoms with Crippen molar-refractivity contribution in [2.75, 3.05) is 12.5 Å². The molecule has 0 saturated carbocycles. The summed E-state index contributed by atoms with van der Waals surface area (Å²) in [5, 5.41) is 0.647. The fourth-order valence-corrected chi connectivity index (χ4v) is 2.64. The number of hydrogen-bond acceptors (Lipinski definition) is 6. The van der Waals surface area contributed by atoms with Crippen LogP contribution in [0.25, 0.3) is 0 Å². The highest BCUT2D eigenvalue weighted by Gasteiger charge is 2.16. The summed E-state index contributed by atoms with van der Waals surface area (Å²) in [7, 11) is 0. The van der Waals surface area contributed by atoms with Gasteiger partial charge < -0.3 is 19.6 Å². The first kappa shape index (κ1) is 12.4. The average Bonchev–Trinajstić information content (AvgIpc) is 3.03. The number of ether oxygens (including phenoxy) is 2. The van der Waals surface area contributed by atoms with E-state index in [0.29, 0.717) is 11.0 Å². The smallest absolute Gasteiger partial charge is 0.255 e. The zero-order valence-corrected chi connectivity index (χ0v) is 11.3. The Kier molecular flexibility index (Phi) is 3.35. The first-order chi connectivity index (χ1) is 9.22. The highest BCUT2D eigenvalue weighted by molar-refractivity contribution is 7.99. The van der Waals surface area contributed by atoms with Gasteiger partial charge in [-0.15, -0.1) is 0 Å². The Labute approximate surface area is 115 Å². The van der Waals surface area contributed by atoms with Crippen molar-refractivity contribution >= 4 is 11.8 Å². The standard InChI is InChI=1S/C13H14N2O3S/c1-8-5-16-13(15-8)19-6-10(14)9-2-3-11-12(4-9)18-7-17-11/h2-5,10H,6-7,14H2,1H3. The van der Waals surface area contributed by atoms with Crippen LogP contribution in [0.15, 0.2) is 34.1 Å². The lowest BCUT2D eigenvalue weighted by Gasteiger charge is -2.10. The van der Waals surface area contributed by atoms with Gasteiger partial charge in [-0.1, -0.05) is 17.8 Å². The maximum Gasteiger partial charge on any atom is 0.255 e. The Morgan fingerprint density at radius 3 is 3.00 bits per heavy atom. The molecule has 0 spiro atoms. The van der Waals surface area contributed by atoms with Crippen molar-refractivity contribution in [3.05, 3.63) is 35.7 Å². The molecule has 0 bridgehead atoms. The van der Waals surface area contributed by atoms with Gasteiger partial charge in [-0.3, -0.25) is 0 Å². The summed E-state index contributed by atoms with van der Waals surface area (Å²) in [6.45, 7) is 2.17. The molecule has 1 aliphatic heterocycles. The van der Waals surface area contributed by atoms with Crippen LogP contribution < -0.4 is 15.2 Å². The average molecular weight is 278 g/mol. The molecule has 2 N–H and O–H groups in total. The molecule has 6 heteroatoms. The number of nitrogens with two attached hydrogens (primary N) is 1. The second kappa shape index (κ2) is 5.14. The summed E-state index contributed by atoms with van der Waals surface area (Å²) >= 11 is 1.50. The zero-order valence-electron chi connectivity index (χ0n) is 10.5. The summed E-state index contributed by atoms with van der Waals surface area (Å²) in [4.78, 5) is 4.23. The van der Waals surface area contributed by atoms with E-state index in [0.717, 1.165) is 22.8 Å². The molecule has 1 aliphatic rings. The molecule has 19 heavy (non-hydrogen) atoms. The Hall–Kier alpha value is -1.66. The van der Waals surface area contributed by atoms with Crippen LogP contribution in [0, 0.1) is 6.92 Å². The molecule has 0 fully saturated rings. The Morgan fingerprint density at radius 1 is 1.37 bits per heavy atom. The summed E-state index contributed by atoms with van der Waals surface area (Å²) in [5.41, 5.74) is 8.05. The summed E-state index contributed by atoms with van der Waals surface area (Å²) < 4.78 is 15.9. The number of aromatic nitrogens is 1. The third-order valence-corrected chi connectivity index (χ3v) is 3.77. The number of rotatable bonds is 4. The Bertz CT molecular complexity index is 585. The molecular formula is C13H14N2O3S. The zero-order chi connectivity index (χ0) is 13.2. The first-order valence-corrected chi connectivity index (χ1v) is 6.91. The van der Waals surface area contributed by atoms with Crippen LogP contribution in [-0.2, 0) is 0 Å². The highest BCUT2D eigenvalue weighted by atomic mass is 32.2. The lowest BCUT2D eigenvalue weighted by atomic mass is 10.1. The highest BCUT2D eigenvalue weighted by Crippen LogP contribution is 2.34. The third-order valence-electron chi connectivity index (χ3n) is 2.81. The van der Waals surface area contributed by atoms with Crippen molar-refractivity contribution < 1.29 is 13.9 Å². The van der Waals surface area contributed by atoms with E-state index in [1.165, 1.54) is 11.8 Å². The molecule has 0 radical (unpaired) electrons. The molecule has 2 aromatic rings. The van der Waals surface area contributed by atoms with E-state index in [4.69, 9.17) is 19.6 Å². The number of thioether (sulfide) groups is 1. The lowest BCUT2D eigenvalue weighted by molar-refractivity contribution is 0.174. The van der Waals surface area contributed by atoms with E-state index in [-0.39, 0.29) is 12.8 Å². The number of benzene rings is 1. The predicted molar refractivity (Wildman–Crippen MR) is 71.5 cm³/mol. The maximum atomic E-state index is 6.16. The van der Waals surface area contributed by atoms with E-state index in [2.05, 4.69) is 4.98 Å². The van der Waals surface area contributed by atoms with E-state index in [9.17, 15) is 0 Å². The number of oxazole rings is 1. The minimum absolute atomic E-state index is 0.105. The molecule has 1 aromatic heterocycles. The van der Waals surface area contributed by atoms with Crippen molar-refractivity contribution in [3.8, 4) is 11.5 Å². The van der Waals surface area contributed by atoms with Crippen LogP contribution in [0.3, 0.4) is 0 Å². The van der Waals surface area contributed by atoms with Gasteiger partial charge in [-0.05, 0) is 24.6 Å². The monoisotopic (exact) mass is 278 g/mol. The molecular weight excluding hydrogens is 264 g/mol. The number of aryl methyl sites for hydroxylation is 1. The molecule has 0 aliphatic carbocycles. The summed E-state index contributed by atoms with van der Waals surface area (Å²) in [5.74, 6) is 2.22. The number of hydrogen-bond donors (Lipinski definition) is 1. The number of fused-ring (bicyclic) bond motifs is 1. The van der Waals surface area contributed by atoms with Crippen molar-refractivity contribution in [3.63, 3.8) is 0 Å². The molecule has 100 valence electrons. The molecule has 1 aromatic carbocycles. The van der Waals surface area contributed by atoms with Crippen molar-refractivity contribution in [1.82, 2.24) is 4.98 Å². The SMILES string of the molecule is Cc1coc(SCC(N)c2ccc3c(c2)OCO3)n1. The van der Waals surface area contributed by atoms with Crippen molar-refractivity contribution in [2.24, 2.45) is 5.73 Å². The molecule has 2 heterocycles. The number of nitrogens with zero attached hydrogens (tertiary/aromatic N) is 1. The molecule has 5 nitrogen and oxygen atoms in total. The minimum Gasteiger partial charge on any atom is -0.454 e. The van der Waals surface area contributed by atoms with Gasteiger partial charge in [-0.25, -0.2) is 4.98 Å². The second-order valence-corrected chi connectivity index (χ2v) is 5.26. The van der Waals surface area contributed by atoms with Gasteiger partial charge in [0, 0.05) is 11.8 Å². The maximum absolute atomic E-state index is 6.16. The molecule has 1 atom stereocenters. The van der Waals surface area contributed by atoms with Crippen LogP contribution in [-0.4, -0.2) is 17.5 Å². The molecule has 0 amide bonds. The van der Waals surface area contributed by atoms with Crippen LogP contribution in [0.4, 0.5) is 0 Å². The van der Waals surface area contributed by atoms with Gasteiger partial charge in [0.05, 0.1) is 5.69 Å². The van der Waals surface area contributed by atoms with Crippen LogP contribution in [0.5, 0.6) is 11.5 Å². The Morgan fingerprint density at radius 2 is 2.21 bits per heavy atom. The normalized spacial score (nSPS) is 14.6. The second-order valence-electron chi connectivity index (χ2n) is 4.28. The van der Waals surface area contributed by atoms with E-state index < -0.39 is 0 Å². The topological polar surface area (TPSA) is 70.5 Å².